The van der Waals surface area contributed by atoms with Crippen molar-refractivity contribution in [2.75, 3.05) is 7.11 Å². The average molecular weight is 304 g/mol. The van der Waals surface area contributed by atoms with Crippen molar-refractivity contribution in [3.05, 3.63) is 51.5 Å². The summed E-state index contributed by atoms with van der Waals surface area (Å²) in [4.78, 5) is 17.9. The molecule has 1 atom stereocenters. The quantitative estimate of drug-likeness (QED) is 0.892. The summed E-state index contributed by atoms with van der Waals surface area (Å²) in [6.45, 7) is 4.55. The van der Waals surface area contributed by atoms with Crippen LogP contribution in [0.2, 0.25) is 0 Å². The number of benzene rings is 1. The molecule has 0 bridgehead atoms. The van der Waals surface area contributed by atoms with E-state index in [0.29, 0.717) is 6.54 Å². The molecule has 1 amide bonds. The smallest absolute Gasteiger partial charge is 0.254 e. The highest BCUT2D eigenvalue weighted by atomic mass is 32.1. The number of methoxy groups -OCH3 is 1. The Morgan fingerprint density at radius 1 is 1.38 bits per heavy atom. The van der Waals surface area contributed by atoms with Gasteiger partial charge in [-0.3, -0.25) is 4.79 Å². The summed E-state index contributed by atoms with van der Waals surface area (Å²) in [5.74, 6) is -0.130. The maximum atomic E-state index is 12.3. The van der Waals surface area contributed by atoms with E-state index in [4.69, 9.17) is 4.74 Å². The summed E-state index contributed by atoms with van der Waals surface area (Å²) in [7, 11) is 1.55. The molecule has 0 fully saturated rings. The number of amides is 1. The lowest BCUT2D eigenvalue weighted by Gasteiger charge is -2.15. The number of carbonyl (C=O) groups excluding carboxylic acids is 1. The minimum absolute atomic E-state index is 0.130. The highest BCUT2D eigenvalue weighted by Gasteiger charge is 2.20. The van der Waals surface area contributed by atoms with Crippen molar-refractivity contribution >= 4 is 17.2 Å². The molecular weight excluding hydrogens is 284 g/mol. The summed E-state index contributed by atoms with van der Waals surface area (Å²) in [6, 6.07) is 9.49. The molecule has 5 heteroatoms. The van der Waals surface area contributed by atoms with Gasteiger partial charge in [0.05, 0.1) is 17.2 Å². The van der Waals surface area contributed by atoms with Gasteiger partial charge in [0.25, 0.3) is 5.91 Å². The van der Waals surface area contributed by atoms with Crippen molar-refractivity contribution in [2.24, 2.45) is 0 Å². The summed E-state index contributed by atoms with van der Waals surface area (Å²) in [5, 5.41) is 4.03. The lowest BCUT2D eigenvalue weighted by atomic mass is 10.1. The fraction of sp³-hybridized carbons (Fsp3) is 0.375. The van der Waals surface area contributed by atoms with Gasteiger partial charge in [0.15, 0.2) is 6.10 Å². The lowest BCUT2D eigenvalue weighted by Crippen LogP contribution is -2.29. The van der Waals surface area contributed by atoms with Gasteiger partial charge >= 0.3 is 0 Å². The van der Waals surface area contributed by atoms with Crippen LogP contribution in [-0.2, 0) is 22.5 Å². The Morgan fingerprint density at radius 3 is 2.67 bits per heavy atom. The second kappa shape index (κ2) is 7.33. The molecule has 1 aromatic heterocycles. The van der Waals surface area contributed by atoms with Gasteiger partial charge in [0, 0.05) is 12.0 Å². The lowest BCUT2D eigenvalue weighted by molar-refractivity contribution is -0.131. The second-order valence-corrected chi connectivity index (χ2v) is 5.88. The Hall–Kier alpha value is -1.72. The molecular formula is C16H20N2O2S. The zero-order valence-electron chi connectivity index (χ0n) is 12.6. The number of rotatable bonds is 6. The van der Waals surface area contributed by atoms with Gasteiger partial charge < -0.3 is 10.1 Å². The Balaban J connectivity index is 2.01. The van der Waals surface area contributed by atoms with Gasteiger partial charge in [-0.15, -0.1) is 11.3 Å². The highest BCUT2D eigenvalue weighted by Crippen LogP contribution is 2.20. The molecule has 0 spiro atoms. The molecule has 2 rings (SSSR count). The summed E-state index contributed by atoms with van der Waals surface area (Å²) in [5.41, 5.74) is 1.85. The van der Waals surface area contributed by atoms with Crippen molar-refractivity contribution < 1.29 is 9.53 Å². The zero-order chi connectivity index (χ0) is 15.2. The summed E-state index contributed by atoms with van der Waals surface area (Å²) >= 11 is 1.65. The minimum Gasteiger partial charge on any atom is -0.367 e. The Kier molecular flexibility index (Phi) is 5.47. The van der Waals surface area contributed by atoms with E-state index in [1.165, 1.54) is 0 Å². The molecule has 0 aliphatic carbocycles. The second-order valence-electron chi connectivity index (χ2n) is 4.71. The van der Waals surface area contributed by atoms with Crippen molar-refractivity contribution in [3.63, 3.8) is 0 Å². The van der Waals surface area contributed by atoms with Crippen LogP contribution < -0.4 is 5.32 Å². The van der Waals surface area contributed by atoms with E-state index in [1.54, 1.807) is 18.4 Å². The van der Waals surface area contributed by atoms with Gasteiger partial charge in [-0.25, -0.2) is 4.98 Å². The van der Waals surface area contributed by atoms with E-state index in [2.05, 4.69) is 17.2 Å². The van der Waals surface area contributed by atoms with E-state index >= 15 is 0 Å². The van der Waals surface area contributed by atoms with Gasteiger partial charge in [-0.1, -0.05) is 37.3 Å². The van der Waals surface area contributed by atoms with E-state index in [9.17, 15) is 4.79 Å². The molecule has 0 radical (unpaired) electrons. The van der Waals surface area contributed by atoms with Gasteiger partial charge in [-0.2, -0.15) is 0 Å². The average Bonchev–Trinajstić information content (AvgIpc) is 2.87. The highest BCUT2D eigenvalue weighted by molar-refractivity contribution is 7.11. The zero-order valence-corrected chi connectivity index (χ0v) is 13.4. The first-order valence-corrected chi connectivity index (χ1v) is 7.78. The fourth-order valence-corrected chi connectivity index (χ4v) is 3.03. The van der Waals surface area contributed by atoms with Crippen LogP contribution in [0, 0.1) is 6.92 Å². The monoisotopic (exact) mass is 304 g/mol. The molecule has 0 saturated heterocycles. The number of ether oxygens (including phenoxy) is 1. The van der Waals surface area contributed by atoms with Crippen molar-refractivity contribution in [3.8, 4) is 0 Å². The van der Waals surface area contributed by atoms with E-state index in [0.717, 1.165) is 27.6 Å². The predicted molar refractivity (Wildman–Crippen MR) is 84.3 cm³/mol. The van der Waals surface area contributed by atoms with Gasteiger partial charge in [-0.05, 0) is 18.9 Å². The SMILES string of the molecule is CCc1nc(C)c(CNC(=O)C(OC)c2ccccc2)s1. The first kappa shape index (κ1) is 15.7. The molecule has 112 valence electrons. The maximum Gasteiger partial charge on any atom is 0.254 e. The van der Waals surface area contributed by atoms with Crippen LogP contribution >= 0.6 is 11.3 Å². The first-order valence-electron chi connectivity index (χ1n) is 6.96. The van der Waals surface area contributed by atoms with Crippen LogP contribution in [-0.4, -0.2) is 18.0 Å². The van der Waals surface area contributed by atoms with Crippen LogP contribution in [0.1, 0.15) is 34.2 Å². The van der Waals surface area contributed by atoms with Crippen LogP contribution in [0.15, 0.2) is 30.3 Å². The largest absolute Gasteiger partial charge is 0.367 e. The van der Waals surface area contributed by atoms with E-state index in [1.807, 2.05) is 37.3 Å². The Labute approximate surface area is 129 Å². The molecule has 1 heterocycles. The minimum atomic E-state index is -0.579. The number of hydrogen-bond acceptors (Lipinski definition) is 4. The third-order valence-electron chi connectivity index (χ3n) is 3.24. The molecule has 4 nitrogen and oxygen atoms in total. The first-order chi connectivity index (χ1) is 10.2. The van der Waals surface area contributed by atoms with Crippen LogP contribution in [0.25, 0.3) is 0 Å². The number of thiazole rings is 1. The Morgan fingerprint density at radius 2 is 2.10 bits per heavy atom. The molecule has 2 aromatic rings. The van der Waals surface area contributed by atoms with Crippen LogP contribution in [0.3, 0.4) is 0 Å². The summed E-state index contributed by atoms with van der Waals surface area (Å²) < 4.78 is 5.32. The van der Waals surface area contributed by atoms with E-state index in [-0.39, 0.29) is 5.91 Å². The number of hydrogen-bond donors (Lipinski definition) is 1. The van der Waals surface area contributed by atoms with Gasteiger partial charge in [0.1, 0.15) is 0 Å². The molecule has 0 aliphatic heterocycles. The van der Waals surface area contributed by atoms with Crippen LogP contribution in [0.4, 0.5) is 0 Å². The fourth-order valence-electron chi connectivity index (χ4n) is 2.09. The number of aromatic nitrogens is 1. The third kappa shape index (κ3) is 3.89. The normalized spacial score (nSPS) is 12.1. The molecule has 1 N–H and O–H groups in total. The molecule has 1 unspecified atom stereocenters. The Bertz CT molecular complexity index is 596. The van der Waals surface area contributed by atoms with Crippen molar-refractivity contribution in [1.29, 1.82) is 0 Å². The topological polar surface area (TPSA) is 51.2 Å². The van der Waals surface area contributed by atoms with Crippen molar-refractivity contribution in [2.45, 2.75) is 32.9 Å². The predicted octanol–water partition coefficient (Wildman–Crippen LogP) is 3.02. The molecule has 0 aliphatic rings. The molecule has 0 saturated carbocycles. The number of nitrogens with zero attached hydrogens (tertiary/aromatic N) is 1. The molecule has 1 aromatic carbocycles. The van der Waals surface area contributed by atoms with E-state index < -0.39 is 6.10 Å². The number of aryl methyl sites for hydroxylation is 2. The standard InChI is InChI=1S/C16H20N2O2S/c1-4-14-18-11(2)13(21-14)10-17-16(19)15(20-3)12-8-6-5-7-9-12/h5-9,15H,4,10H2,1-3H3,(H,17,19). The van der Waals surface area contributed by atoms with Crippen molar-refractivity contribution in [1.82, 2.24) is 10.3 Å². The summed E-state index contributed by atoms with van der Waals surface area (Å²) in [6.07, 6.45) is 0.342. The number of carbonyl (C=O) groups is 1. The third-order valence-corrected chi connectivity index (χ3v) is 4.54. The number of nitrogens with one attached hydrogen (secondary N) is 1. The van der Waals surface area contributed by atoms with Gasteiger partial charge in [0.2, 0.25) is 0 Å². The maximum absolute atomic E-state index is 12.3. The molecule has 21 heavy (non-hydrogen) atoms. The van der Waals surface area contributed by atoms with Crippen LogP contribution in [0.5, 0.6) is 0 Å².